The first-order chi connectivity index (χ1) is 17.5. The molecule has 3 aromatic rings. The summed E-state index contributed by atoms with van der Waals surface area (Å²) in [5.41, 5.74) is 12.0. The van der Waals surface area contributed by atoms with Crippen LogP contribution < -0.4 is 20.0 Å². The van der Waals surface area contributed by atoms with E-state index >= 15 is 0 Å². The number of carbonyl (C=O) groups excluding carboxylic acids is 3. The molecule has 3 amide bonds. The molecule has 2 aliphatic heterocycles. The first-order valence-corrected chi connectivity index (χ1v) is 12.4. The number of hydrogen-bond donors (Lipinski definition) is 2. The molecular weight excluding hydrogens is 482 g/mol. The van der Waals surface area contributed by atoms with E-state index < -0.39 is 5.91 Å². The number of carbonyl (C=O) groups is 3. The van der Waals surface area contributed by atoms with E-state index in [1.54, 1.807) is 52.9 Å². The zero-order valence-electron chi connectivity index (χ0n) is 19.4. The number of amides is 3. The number of rotatable bonds is 6. The number of hydrogen-bond acceptors (Lipinski definition) is 8. The monoisotopic (exact) mass is 505 g/mol. The molecular formula is C24H23N7O4S. The maximum Gasteiger partial charge on any atom is 0.293 e. The van der Waals surface area contributed by atoms with Crippen molar-refractivity contribution in [1.29, 1.82) is 5.53 Å². The molecule has 2 N–H and O–H groups in total. The van der Waals surface area contributed by atoms with Crippen molar-refractivity contribution in [3.05, 3.63) is 65.5 Å². The van der Waals surface area contributed by atoms with E-state index in [9.17, 15) is 14.4 Å². The highest BCUT2D eigenvalue weighted by Crippen LogP contribution is 2.31. The van der Waals surface area contributed by atoms with Crippen LogP contribution in [0.5, 0.6) is 5.75 Å². The fourth-order valence-corrected chi connectivity index (χ4v) is 5.19. The molecule has 0 atom stereocenters. The lowest BCUT2D eigenvalue weighted by Gasteiger charge is -2.29. The first-order valence-electron chi connectivity index (χ1n) is 11.2. The van der Waals surface area contributed by atoms with Crippen LogP contribution in [-0.2, 0) is 11.2 Å². The lowest BCUT2D eigenvalue weighted by molar-refractivity contribution is -0.116. The van der Waals surface area contributed by atoms with E-state index in [4.69, 9.17) is 10.3 Å². The quantitative estimate of drug-likeness (QED) is 0.391. The van der Waals surface area contributed by atoms with Gasteiger partial charge in [0.05, 0.1) is 18.6 Å². The number of benzene rings is 2. The van der Waals surface area contributed by atoms with Gasteiger partial charge in [0.25, 0.3) is 11.8 Å². The average Bonchev–Trinajstić information content (AvgIpc) is 3.30. The Hall–Kier alpha value is -4.19. The Morgan fingerprint density at radius 1 is 1.03 bits per heavy atom. The molecule has 3 heterocycles. The fourth-order valence-electron chi connectivity index (χ4n) is 4.41. The number of methoxy groups -OCH3 is 1. The normalized spacial score (nSPS) is 15.5. The maximum absolute atomic E-state index is 13.7. The molecule has 0 aliphatic carbocycles. The van der Waals surface area contributed by atoms with Crippen molar-refractivity contribution >= 4 is 40.9 Å². The molecule has 0 radical (unpaired) electrons. The van der Waals surface area contributed by atoms with Crippen molar-refractivity contribution in [2.45, 2.75) is 6.42 Å². The Morgan fingerprint density at radius 2 is 1.69 bits per heavy atom. The Kier molecular flexibility index (Phi) is 6.42. The van der Waals surface area contributed by atoms with Gasteiger partial charge in [0, 0.05) is 35.8 Å². The smallest absolute Gasteiger partial charge is 0.293 e. The molecule has 0 saturated carbocycles. The molecule has 1 aromatic heterocycles. The number of nitrogens with zero attached hydrogens (tertiary/aromatic N) is 5. The summed E-state index contributed by atoms with van der Waals surface area (Å²) in [6.45, 7) is 1.00. The van der Waals surface area contributed by atoms with Gasteiger partial charge in [-0.25, -0.2) is 10.1 Å². The molecule has 2 aliphatic rings. The van der Waals surface area contributed by atoms with Gasteiger partial charge in [-0.2, -0.15) is 22.4 Å². The number of anilines is 2. The van der Waals surface area contributed by atoms with Gasteiger partial charge in [-0.3, -0.25) is 14.4 Å². The van der Waals surface area contributed by atoms with Gasteiger partial charge in [0.1, 0.15) is 11.4 Å². The van der Waals surface area contributed by atoms with Crippen LogP contribution in [0.3, 0.4) is 0 Å². The third-order valence-corrected chi connectivity index (χ3v) is 7.09. The topological polar surface area (TPSA) is 133 Å². The first kappa shape index (κ1) is 23.5. The van der Waals surface area contributed by atoms with Crippen molar-refractivity contribution < 1.29 is 19.1 Å². The summed E-state index contributed by atoms with van der Waals surface area (Å²) in [4.78, 5) is 42.0. The third-order valence-electron chi connectivity index (χ3n) is 6.17. The second kappa shape index (κ2) is 9.82. The number of nitrogens with one attached hydrogen (secondary N) is 2. The predicted octanol–water partition coefficient (Wildman–Crippen LogP) is 2.84. The molecule has 2 aromatic carbocycles. The van der Waals surface area contributed by atoms with Crippen LogP contribution in [0.1, 0.15) is 26.5 Å². The molecule has 0 spiro atoms. The highest BCUT2D eigenvalue weighted by molar-refractivity contribution is 8.00. The van der Waals surface area contributed by atoms with Gasteiger partial charge in [-0.1, -0.05) is 5.22 Å². The molecule has 5 rings (SSSR count). The van der Waals surface area contributed by atoms with Crippen molar-refractivity contribution in [2.24, 2.45) is 5.22 Å². The molecule has 1 saturated heterocycles. The Labute approximate surface area is 210 Å². The summed E-state index contributed by atoms with van der Waals surface area (Å²) in [6, 6.07) is 14.3. The summed E-state index contributed by atoms with van der Waals surface area (Å²) in [5, 5.41) is 7.38. The van der Waals surface area contributed by atoms with Crippen LogP contribution in [0.25, 0.3) is 5.69 Å². The van der Waals surface area contributed by atoms with Gasteiger partial charge in [-0.05, 0) is 55.0 Å². The van der Waals surface area contributed by atoms with Crippen LogP contribution in [-0.4, -0.2) is 59.2 Å². The second-order valence-electron chi connectivity index (χ2n) is 8.16. The molecule has 1 fully saturated rings. The minimum Gasteiger partial charge on any atom is -0.497 e. The Balaban J connectivity index is 1.50. The average molecular weight is 506 g/mol. The Morgan fingerprint density at radius 3 is 2.33 bits per heavy atom. The van der Waals surface area contributed by atoms with Gasteiger partial charge in [0.2, 0.25) is 5.91 Å². The molecule has 0 unspecified atom stereocenters. The van der Waals surface area contributed by atoms with E-state index in [1.807, 2.05) is 24.3 Å². The van der Waals surface area contributed by atoms with Crippen molar-refractivity contribution in [3.63, 3.8) is 0 Å². The van der Waals surface area contributed by atoms with E-state index in [-0.39, 0.29) is 23.2 Å². The van der Waals surface area contributed by atoms with Gasteiger partial charge in [0.15, 0.2) is 5.69 Å². The van der Waals surface area contributed by atoms with E-state index in [0.717, 1.165) is 11.4 Å². The van der Waals surface area contributed by atoms with Crippen LogP contribution in [0, 0.1) is 5.53 Å². The van der Waals surface area contributed by atoms with E-state index in [1.165, 1.54) is 4.68 Å². The minimum atomic E-state index is -0.650. The van der Waals surface area contributed by atoms with Crippen LogP contribution >= 0.6 is 11.8 Å². The predicted molar refractivity (Wildman–Crippen MR) is 134 cm³/mol. The third kappa shape index (κ3) is 4.19. The summed E-state index contributed by atoms with van der Waals surface area (Å²) in [6.07, 6.45) is 0.390. The lowest BCUT2D eigenvalue weighted by Crippen LogP contribution is -2.39. The summed E-state index contributed by atoms with van der Waals surface area (Å²) in [5.74, 6) is 1.12. The molecule has 184 valence electrons. The fraction of sp³-hybridized carbons (Fsp3) is 0.250. The van der Waals surface area contributed by atoms with Crippen LogP contribution in [0.15, 0.2) is 53.8 Å². The van der Waals surface area contributed by atoms with Gasteiger partial charge >= 0.3 is 0 Å². The van der Waals surface area contributed by atoms with Gasteiger partial charge in [-0.15, -0.1) is 0 Å². The van der Waals surface area contributed by atoms with Crippen LogP contribution in [0.2, 0.25) is 0 Å². The molecule has 12 heteroatoms. The van der Waals surface area contributed by atoms with Crippen molar-refractivity contribution in [1.82, 2.24) is 15.2 Å². The minimum absolute atomic E-state index is 0.0571. The van der Waals surface area contributed by atoms with Crippen LogP contribution in [0.4, 0.5) is 11.4 Å². The number of ether oxygens (including phenoxy) is 1. The van der Waals surface area contributed by atoms with Crippen molar-refractivity contribution in [2.75, 3.05) is 41.5 Å². The van der Waals surface area contributed by atoms with E-state index in [0.29, 0.717) is 48.0 Å². The number of aromatic nitrogens is 2. The summed E-state index contributed by atoms with van der Waals surface area (Å²) >= 11 is 1.63. The highest BCUT2D eigenvalue weighted by atomic mass is 32.2. The zero-order chi connectivity index (χ0) is 25.2. The summed E-state index contributed by atoms with van der Waals surface area (Å²) < 4.78 is 6.67. The lowest BCUT2D eigenvalue weighted by atomic mass is 10.0. The maximum atomic E-state index is 13.7. The largest absolute Gasteiger partial charge is 0.497 e. The van der Waals surface area contributed by atoms with E-state index in [2.05, 4.69) is 15.7 Å². The Bertz CT molecular complexity index is 1340. The second-order valence-corrected chi connectivity index (χ2v) is 9.26. The number of thioether (sulfide) groups is 1. The van der Waals surface area contributed by atoms with Gasteiger partial charge < -0.3 is 14.5 Å². The SMILES string of the molecule is COc1ccc(-n2nc(C(=O)NN=N)c3c2C(=O)N(c2ccc(N4CCSCC4=O)cc2)CC3)cc1. The molecule has 0 bridgehead atoms. The van der Waals surface area contributed by atoms with Crippen molar-refractivity contribution in [3.8, 4) is 11.4 Å². The number of fused-ring (bicyclic) bond motifs is 1. The summed E-state index contributed by atoms with van der Waals surface area (Å²) in [7, 11) is 1.56. The zero-order valence-corrected chi connectivity index (χ0v) is 20.2. The highest BCUT2D eigenvalue weighted by Gasteiger charge is 2.35. The molecule has 36 heavy (non-hydrogen) atoms. The standard InChI is InChI=1S/C24H23N7O4S/c1-35-18-8-6-17(7-9-18)31-22-19(21(27-31)23(33)26-28-25)10-11-30(24(22)34)16-4-2-15(3-5-16)29-12-13-36-14-20(29)32/h2-9H,10-14H2,1H3,(H2,25,26,33). The molecule has 11 nitrogen and oxygen atoms in total.